The topological polar surface area (TPSA) is 93.1 Å². The number of ether oxygens (including phenoxy) is 1. The lowest BCUT2D eigenvalue weighted by Gasteiger charge is -2.34. The monoisotopic (exact) mass is 338 g/mol. The van der Waals surface area contributed by atoms with E-state index in [1.54, 1.807) is 0 Å². The van der Waals surface area contributed by atoms with E-state index in [0.717, 1.165) is 25.3 Å². The summed E-state index contributed by atoms with van der Waals surface area (Å²) in [6, 6.07) is 0.203. The van der Waals surface area contributed by atoms with Gasteiger partial charge in [-0.05, 0) is 26.2 Å². The van der Waals surface area contributed by atoms with E-state index in [0.29, 0.717) is 10.9 Å². The molecule has 0 amide bonds. The van der Waals surface area contributed by atoms with Crippen molar-refractivity contribution in [2.75, 3.05) is 27.7 Å². The summed E-state index contributed by atoms with van der Waals surface area (Å²) in [6.07, 6.45) is 3.95. The third-order valence-corrected chi connectivity index (χ3v) is 3.96. The van der Waals surface area contributed by atoms with Crippen molar-refractivity contribution in [3.8, 4) is 0 Å². The van der Waals surface area contributed by atoms with Gasteiger partial charge < -0.3 is 19.0 Å². The zero-order chi connectivity index (χ0) is 17.4. The van der Waals surface area contributed by atoms with Gasteiger partial charge >= 0.3 is 13.8 Å². The molecule has 0 spiro atoms. The molecule has 0 aliphatic heterocycles. The molecule has 0 fully saturated rings. The van der Waals surface area contributed by atoms with Crippen molar-refractivity contribution < 1.29 is 32.9 Å². The van der Waals surface area contributed by atoms with E-state index in [4.69, 9.17) is 14.5 Å². The summed E-state index contributed by atoms with van der Waals surface area (Å²) in [5.74, 6) is -0.425. The van der Waals surface area contributed by atoms with Gasteiger partial charge in [0.25, 0.3) is 0 Å². The molecule has 7 nitrogen and oxygen atoms in total. The quantitative estimate of drug-likeness (QED) is 0.258. The second-order valence-electron chi connectivity index (χ2n) is 6.27. The highest BCUT2D eigenvalue weighted by Gasteiger charge is 2.25. The van der Waals surface area contributed by atoms with Gasteiger partial charge in [0.15, 0.2) is 0 Å². The van der Waals surface area contributed by atoms with Crippen LogP contribution in [0.2, 0.25) is 0 Å². The third-order valence-electron chi connectivity index (χ3n) is 3.44. The Morgan fingerprint density at radius 1 is 1.27 bits per heavy atom. The zero-order valence-electron chi connectivity index (χ0n) is 13.9. The number of carbonyl (C=O) groups excluding carboxylic acids is 1. The summed E-state index contributed by atoms with van der Waals surface area (Å²) in [5.41, 5.74) is 0. The predicted octanol–water partition coefficient (Wildman–Crippen LogP) is 1.85. The van der Waals surface area contributed by atoms with E-state index < -0.39 is 13.8 Å². The Morgan fingerprint density at radius 2 is 1.86 bits per heavy atom. The summed E-state index contributed by atoms with van der Waals surface area (Å²) in [4.78, 5) is 28.5. The molecule has 22 heavy (non-hydrogen) atoms. The van der Waals surface area contributed by atoms with Gasteiger partial charge in [0.1, 0.15) is 0 Å². The molecule has 0 aromatic carbocycles. The summed E-state index contributed by atoms with van der Waals surface area (Å²) in [7, 11) is 1.68. The van der Waals surface area contributed by atoms with E-state index in [-0.39, 0.29) is 18.8 Å². The molecule has 0 heterocycles. The van der Waals surface area contributed by atoms with Crippen LogP contribution in [0.4, 0.5) is 0 Å². The minimum Gasteiger partial charge on any atom is -0.460 e. The van der Waals surface area contributed by atoms with Crippen LogP contribution in [0.5, 0.6) is 0 Å². The van der Waals surface area contributed by atoms with E-state index >= 15 is 0 Å². The van der Waals surface area contributed by atoms with Crippen molar-refractivity contribution in [2.45, 2.75) is 44.8 Å². The molecule has 130 valence electrons. The molecule has 2 unspecified atom stereocenters. The molecule has 0 aliphatic rings. The lowest BCUT2D eigenvalue weighted by molar-refractivity contribution is -0.896. The molecule has 0 aromatic heterocycles. The van der Waals surface area contributed by atoms with Crippen LogP contribution in [0.3, 0.4) is 0 Å². The summed E-state index contributed by atoms with van der Waals surface area (Å²) in [6.45, 7) is 5.21. The number of esters is 1. The largest absolute Gasteiger partial charge is 0.469 e. The fraction of sp³-hybridized carbons (Fsp3) is 0.786. The van der Waals surface area contributed by atoms with Gasteiger partial charge in [-0.15, -0.1) is 0 Å². The van der Waals surface area contributed by atoms with Crippen molar-refractivity contribution >= 4 is 13.8 Å². The molecular weight excluding hydrogens is 309 g/mol. The Balaban J connectivity index is 4.24. The Morgan fingerprint density at radius 3 is 2.32 bits per heavy atom. The normalized spacial score (nSPS) is 15.2. The highest BCUT2D eigenvalue weighted by Crippen LogP contribution is 2.36. The number of quaternary nitrogens is 1. The SMILES string of the molecule is C=CC(=O)OC(C)CCCC(CCOP(=O)(O)O)[N+](C)(C)C. The standard InChI is InChI=1S/C14H28NO6P/c1-6-14(16)21-12(2)8-7-9-13(15(3,4)5)10-11-20-22(17,18)19/h6,12-13H,1,7-11H2,2-5H3,(H-,17,18,19)/p+1. The number of rotatable bonds is 11. The summed E-state index contributed by atoms with van der Waals surface area (Å²) in [5, 5.41) is 0. The summed E-state index contributed by atoms with van der Waals surface area (Å²) < 4.78 is 21.0. The van der Waals surface area contributed by atoms with Crippen LogP contribution in [0.25, 0.3) is 0 Å². The third kappa shape index (κ3) is 10.9. The maximum Gasteiger partial charge on any atom is 0.469 e. The molecule has 0 aliphatic carbocycles. The molecule has 2 N–H and O–H groups in total. The first-order valence-corrected chi connectivity index (χ1v) is 8.83. The van der Waals surface area contributed by atoms with Gasteiger partial charge in [-0.25, -0.2) is 9.36 Å². The molecule has 8 heteroatoms. The average Bonchev–Trinajstić information content (AvgIpc) is 2.34. The van der Waals surface area contributed by atoms with Crippen molar-refractivity contribution in [3.05, 3.63) is 12.7 Å². The molecule has 0 saturated heterocycles. The van der Waals surface area contributed by atoms with Crippen LogP contribution in [-0.2, 0) is 18.6 Å². The Kier molecular flexibility index (Phi) is 9.12. The van der Waals surface area contributed by atoms with Gasteiger partial charge in [-0.3, -0.25) is 4.52 Å². The number of hydrogen-bond donors (Lipinski definition) is 2. The van der Waals surface area contributed by atoms with Crippen molar-refractivity contribution in [3.63, 3.8) is 0 Å². The molecule has 0 radical (unpaired) electrons. The number of phosphoric acid groups is 1. The van der Waals surface area contributed by atoms with Crippen LogP contribution >= 0.6 is 7.82 Å². The summed E-state index contributed by atoms with van der Waals surface area (Å²) >= 11 is 0. The first-order chi connectivity index (χ1) is 9.95. The Hall–Kier alpha value is -0.720. The average molecular weight is 338 g/mol. The van der Waals surface area contributed by atoms with Crippen LogP contribution in [-0.4, -0.2) is 60.1 Å². The van der Waals surface area contributed by atoms with Gasteiger partial charge in [0.2, 0.25) is 0 Å². The van der Waals surface area contributed by atoms with Crippen molar-refractivity contribution in [1.29, 1.82) is 0 Å². The number of hydrogen-bond acceptors (Lipinski definition) is 4. The lowest BCUT2D eigenvalue weighted by Crippen LogP contribution is -2.45. The highest BCUT2D eigenvalue weighted by atomic mass is 31.2. The predicted molar refractivity (Wildman–Crippen MR) is 84.0 cm³/mol. The van der Waals surface area contributed by atoms with E-state index in [2.05, 4.69) is 11.1 Å². The Bertz CT molecular complexity index is 401. The van der Waals surface area contributed by atoms with Gasteiger partial charge in [-0.1, -0.05) is 6.58 Å². The fourth-order valence-corrected chi connectivity index (χ4v) is 2.52. The second-order valence-corrected chi connectivity index (χ2v) is 7.50. The number of phosphoric ester groups is 1. The number of nitrogens with zero attached hydrogens (tertiary/aromatic N) is 1. The number of carbonyl (C=O) groups is 1. The minimum atomic E-state index is -4.41. The smallest absolute Gasteiger partial charge is 0.460 e. The minimum absolute atomic E-state index is 0.0193. The maximum atomic E-state index is 11.1. The lowest BCUT2D eigenvalue weighted by atomic mass is 10.0. The first kappa shape index (κ1) is 21.3. The van der Waals surface area contributed by atoms with Gasteiger partial charge in [0.05, 0.1) is 39.9 Å². The molecule has 2 atom stereocenters. The molecule has 0 saturated carbocycles. The molecule has 0 aromatic rings. The van der Waals surface area contributed by atoms with E-state index in [1.807, 2.05) is 28.1 Å². The van der Waals surface area contributed by atoms with Crippen LogP contribution in [0.1, 0.15) is 32.6 Å². The van der Waals surface area contributed by atoms with Crippen LogP contribution < -0.4 is 0 Å². The highest BCUT2D eigenvalue weighted by molar-refractivity contribution is 7.46. The molecule has 0 rings (SSSR count). The van der Waals surface area contributed by atoms with Gasteiger partial charge in [0, 0.05) is 12.5 Å². The first-order valence-electron chi connectivity index (χ1n) is 7.30. The second kappa shape index (κ2) is 9.43. The van der Waals surface area contributed by atoms with E-state index in [9.17, 15) is 9.36 Å². The van der Waals surface area contributed by atoms with Crippen molar-refractivity contribution in [2.24, 2.45) is 0 Å². The fourth-order valence-electron chi connectivity index (χ4n) is 2.17. The molecular formula is C14H29NO6P+. The van der Waals surface area contributed by atoms with Crippen LogP contribution in [0, 0.1) is 0 Å². The zero-order valence-corrected chi connectivity index (χ0v) is 14.8. The van der Waals surface area contributed by atoms with Gasteiger partial charge in [-0.2, -0.15) is 0 Å². The maximum absolute atomic E-state index is 11.1. The van der Waals surface area contributed by atoms with Crippen LogP contribution in [0.15, 0.2) is 12.7 Å². The van der Waals surface area contributed by atoms with E-state index in [1.165, 1.54) is 0 Å². The van der Waals surface area contributed by atoms with Crippen molar-refractivity contribution in [1.82, 2.24) is 0 Å². The Labute approximate surface area is 132 Å². The molecule has 0 bridgehead atoms.